The molecule has 0 saturated carbocycles. The van der Waals surface area contributed by atoms with Crippen LogP contribution < -0.4 is 55.3 Å². The van der Waals surface area contributed by atoms with Gasteiger partial charge in [0.15, 0.2) is 11.6 Å². The predicted molar refractivity (Wildman–Crippen MR) is 240 cm³/mol. The minimum absolute atomic E-state index is 0. The zero-order valence-corrected chi connectivity index (χ0v) is 35.4. The van der Waals surface area contributed by atoms with E-state index in [0.717, 1.165) is 0 Å². The number of anilines is 2. The average Bonchev–Trinajstić information content (AvgIpc) is 3.09. The number of ketones is 2. The number of nitrogens with one attached hydrogen (secondary N) is 10. The normalized spacial score (nSPS) is 11.4. The molecule has 0 saturated heterocycles. The topological polar surface area (TPSA) is 376 Å². The first-order valence-electron chi connectivity index (χ1n) is 16.1. The zero-order chi connectivity index (χ0) is 40.5. The van der Waals surface area contributed by atoms with Crippen LogP contribution in [0.25, 0.3) is 0 Å². The van der Waals surface area contributed by atoms with Gasteiger partial charge in [0.25, 0.3) is 0 Å². The third kappa shape index (κ3) is 20.1. The fraction of sp³-hybridized carbons (Fsp3) is 0.281. The highest BCUT2D eigenvalue weighted by Crippen LogP contribution is 2.20. The van der Waals surface area contributed by atoms with Crippen LogP contribution in [0.5, 0.6) is 0 Å². The highest BCUT2D eigenvalue weighted by atomic mass is 35.5. The molecule has 0 aliphatic carbocycles. The van der Waals surface area contributed by atoms with Gasteiger partial charge in [-0.3, -0.25) is 36.1 Å². The van der Waals surface area contributed by atoms with Crippen molar-refractivity contribution < 1.29 is 14.4 Å². The third-order valence-electron chi connectivity index (χ3n) is 7.05. The van der Waals surface area contributed by atoms with Crippen LogP contribution in [0, 0.1) is 27.6 Å². The van der Waals surface area contributed by atoms with E-state index in [4.69, 9.17) is 44.6 Å². The molecule has 0 radical (unpaired) electrons. The number of guanidine groups is 5. The summed E-state index contributed by atoms with van der Waals surface area (Å²) in [5.41, 5.74) is 34.0. The van der Waals surface area contributed by atoms with Crippen LogP contribution >= 0.6 is 49.6 Å². The van der Waals surface area contributed by atoms with Gasteiger partial charge in [0.2, 0.25) is 29.8 Å². The molecular weight excluding hydrogens is 840 g/mol. The first-order valence-corrected chi connectivity index (χ1v) is 16.1. The van der Waals surface area contributed by atoms with Gasteiger partial charge in [0.1, 0.15) is 0 Å². The number of carbonyl (C=O) groups excluding carboxylic acids is 3. The zero-order valence-electron chi connectivity index (χ0n) is 32.1. The lowest BCUT2D eigenvalue weighted by Crippen LogP contribution is -2.46. The molecule has 2 amide bonds. The molecule has 0 aliphatic rings. The maximum Gasteiger partial charge on any atom is 0.328 e. The number of rotatable bonds is 15. The van der Waals surface area contributed by atoms with E-state index >= 15 is 0 Å². The number of amides is 2. The smallest absolute Gasteiger partial charge is 0.328 e. The second kappa shape index (κ2) is 27.4. The maximum atomic E-state index is 14.1. The number of hydrogen-bond acceptors (Lipinski definition) is 11. The second-order valence-electron chi connectivity index (χ2n) is 11.7. The van der Waals surface area contributed by atoms with Crippen molar-refractivity contribution in [1.29, 1.82) is 21.6 Å². The van der Waals surface area contributed by atoms with Crippen molar-refractivity contribution in [3.05, 3.63) is 58.7 Å². The summed E-state index contributed by atoms with van der Waals surface area (Å²) >= 11 is 0. The first kappa shape index (κ1) is 56.1. The fourth-order valence-electron chi connectivity index (χ4n) is 4.41. The molecule has 0 heterocycles. The monoisotopic (exact) mass is 889 g/mol. The van der Waals surface area contributed by atoms with Gasteiger partial charge >= 0.3 is 6.03 Å². The van der Waals surface area contributed by atoms with Crippen molar-refractivity contribution >= 4 is 126 Å². The summed E-state index contributed by atoms with van der Waals surface area (Å²) in [5.74, 6) is -2.53. The Bertz CT molecular complexity index is 1840. The van der Waals surface area contributed by atoms with Gasteiger partial charge in [-0.2, -0.15) is 15.3 Å². The second-order valence-corrected chi connectivity index (χ2v) is 11.7. The van der Waals surface area contributed by atoms with E-state index in [-0.39, 0.29) is 102 Å². The van der Waals surface area contributed by atoms with Crippen LogP contribution in [0.1, 0.15) is 79.3 Å². The lowest BCUT2D eigenvalue weighted by atomic mass is 10.0. The van der Waals surface area contributed by atoms with Crippen LogP contribution in [-0.2, 0) is 0 Å². The van der Waals surface area contributed by atoms with Crippen molar-refractivity contribution in [1.82, 2.24) is 26.6 Å². The van der Waals surface area contributed by atoms with E-state index in [9.17, 15) is 14.4 Å². The number of urea groups is 1. The fourth-order valence-corrected chi connectivity index (χ4v) is 4.41. The van der Waals surface area contributed by atoms with E-state index in [1.807, 2.05) is 6.92 Å². The Kier molecular flexibility index (Phi) is 26.5. The summed E-state index contributed by atoms with van der Waals surface area (Å²) in [6.45, 7) is 7.89. The number of hydrogen-bond donors (Lipinski definition) is 14. The van der Waals surface area contributed by atoms with Crippen molar-refractivity contribution in [3.63, 3.8) is 0 Å². The Morgan fingerprint density at radius 1 is 0.638 bits per heavy atom. The van der Waals surface area contributed by atoms with E-state index in [2.05, 4.69) is 52.7 Å². The number of benzene rings is 2. The van der Waals surface area contributed by atoms with E-state index in [0.29, 0.717) is 41.1 Å². The lowest BCUT2D eigenvalue weighted by molar-refractivity contribution is 0.101. The summed E-state index contributed by atoms with van der Waals surface area (Å²) < 4.78 is 0. The summed E-state index contributed by atoms with van der Waals surface area (Å²) in [7, 11) is 0. The molecule has 18 N–H and O–H groups in total. The van der Waals surface area contributed by atoms with Gasteiger partial charge < -0.3 is 33.6 Å². The highest BCUT2D eigenvalue weighted by molar-refractivity contribution is 6.11. The van der Waals surface area contributed by atoms with E-state index < -0.39 is 23.9 Å². The minimum Gasteiger partial charge on any atom is -0.369 e. The van der Waals surface area contributed by atoms with Crippen LogP contribution in [0.4, 0.5) is 16.2 Å². The molecule has 1 unspecified atom stereocenters. The van der Waals surface area contributed by atoms with E-state index in [1.54, 1.807) is 38.3 Å². The van der Waals surface area contributed by atoms with Gasteiger partial charge in [0, 0.05) is 46.4 Å². The van der Waals surface area contributed by atoms with Gasteiger partial charge in [-0.05, 0) is 82.9 Å². The molecule has 320 valence electrons. The minimum atomic E-state index is -0.732. The summed E-state index contributed by atoms with van der Waals surface area (Å²) in [5, 5.41) is 52.2. The number of nitrogens with zero attached hydrogens (tertiary/aromatic N) is 5. The third-order valence-corrected chi connectivity index (χ3v) is 7.05. The number of nitrogens with two attached hydrogens (primary N) is 4. The maximum absolute atomic E-state index is 14.1. The van der Waals surface area contributed by atoms with Gasteiger partial charge in [0.05, 0.1) is 11.4 Å². The van der Waals surface area contributed by atoms with Crippen molar-refractivity contribution in [2.45, 2.75) is 47.5 Å². The quantitative estimate of drug-likeness (QED) is 0.0531. The molecule has 0 spiro atoms. The van der Waals surface area contributed by atoms with Crippen LogP contribution in [0.3, 0.4) is 0 Å². The molecule has 0 fully saturated rings. The number of Topliss-reactive ketones (excluding diaryl/α,β-unsaturated/α-hetero) is 2. The summed E-state index contributed by atoms with van der Waals surface area (Å²) in [6, 6.07) is 8.62. The molecule has 1 atom stereocenters. The average molecular weight is 892 g/mol. The van der Waals surface area contributed by atoms with Crippen molar-refractivity contribution in [2.24, 2.45) is 49.3 Å². The molecule has 22 nitrogen and oxygen atoms in total. The molecule has 2 aromatic carbocycles. The molecule has 58 heavy (non-hydrogen) atoms. The Morgan fingerprint density at radius 2 is 1.03 bits per heavy atom. The van der Waals surface area contributed by atoms with Crippen LogP contribution in [-0.4, -0.2) is 76.5 Å². The SMILES string of the molecule is CC(=O)c1cc(NC(=O)N(CCCC(C)C=NNC(=N)N)C(=NNC(=N)N)Nc2cc(C(C)=NNC(=N)N)cc(C(C)=NNC(=N)N)c2)cc(C(C)=O)c1.Cl.Cl.Cl.Cl. The lowest BCUT2D eigenvalue weighted by Gasteiger charge is -2.26. The molecule has 0 aromatic heterocycles. The molecule has 0 bridgehead atoms. The Morgan fingerprint density at radius 3 is 1.47 bits per heavy atom. The molecule has 2 aromatic rings. The molecule has 26 heteroatoms. The molecular formula is C32H51Cl4N19O3. The van der Waals surface area contributed by atoms with Crippen molar-refractivity contribution in [2.75, 3.05) is 17.2 Å². The number of carbonyl (C=O) groups is 3. The number of halogens is 4. The molecule has 0 aliphatic heterocycles. The first-order chi connectivity index (χ1) is 25.4. The molecule has 2 rings (SSSR count). The standard InChI is InChI=1S/C32H47N19O3.4ClH/c1-16(15-41-46-27(33)34)7-6-8-51(32(54)43-26-13-23(19(4)52)10-24(14-26)20(5)53)31(50-49-30(39)40)42-25-11-21(17(2)44-47-28(35)36)9-22(12-25)18(3)45-48-29(37)38;;;;/h9-16H,6-8H2,1-5H3,(H,42,50)(H,43,54)(H4,33,34,46)(H4,35,36,47)(H4,37,38,48)(H4,39,40,49);4*1H. The highest BCUT2D eigenvalue weighted by Gasteiger charge is 2.23. The van der Waals surface area contributed by atoms with Gasteiger partial charge in [-0.1, -0.05) is 6.92 Å². The largest absolute Gasteiger partial charge is 0.369 e. The predicted octanol–water partition coefficient (Wildman–Crippen LogP) is 2.78. The van der Waals surface area contributed by atoms with Gasteiger partial charge in [-0.25, -0.2) is 26.5 Å². The Labute approximate surface area is 360 Å². The Hall–Kier alpha value is -6.23. The van der Waals surface area contributed by atoms with E-state index in [1.165, 1.54) is 36.9 Å². The summed E-state index contributed by atoms with van der Waals surface area (Å²) in [6.07, 6.45) is 2.45. The van der Waals surface area contributed by atoms with Crippen LogP contribution in [0.2, 0.25) is 0 Å². The van der Waals surface area contributed by atoms with Gasteiger partial charge in [-0.15, -0.1) is 54.7 Å². The Balaban J connectivity index is -0.00000756. The van der Waals surface area contributed by atoms with Crippen molar-refractivity contribution in [3.8, 4) is 0 Å². The summed E-state index contributed by atoms with van der Waals surface area (Å²) in [4.78, 5) is 39.9. The van der Waals surface area contributed by atoms with Crippen LogP contribution in [0.15, 0.2) is 56.8 Å². The number of hydrazone groups is 4.